The molecule has 2 aromatic rings. The SMILES string of the molecule is COc1cc2sc(C(=O)[C@H]3C[C@@H]3C(=O)O)cc2cc1Br. The lowest BCUT2D eigenvalue weighted by molar-refractivity contribution is -0.138. The minimum atomic E-state index is -0.881. The summed E-state index contributed by atoms with van der Waals surface area (Å²) in [7, 11) is 1.59. The minimum Gasteiger partial charge on any atom is -0.496 e. The standard InChI is InChI=1S/C14H11BrO4S/c1-19-10-5-11-6(2-9(10)15)3-12(20-11)13(16)7-4-8(7)14(17)18/h2-3,5,7-8H,4H2,1H3,(H,17,18)/t7-,8-/m0/s1. The van der Waals surface area contributed by atoms with E-state index in [9.17, 15) is 9.59 Å². The number of carboxylic acids is 1. The van der Waals surface area contributed by atoms with E-state index in [0.717, 1.165) is 14.6 Å². The molecule has 1 heterocycles. The van der Waals surface area contributed by atoms with Gasteiger partial charge in [0.2, 0.25) is 0 Å². The van der Waals surface area contributed by atoms with E-state index in [4.69, 9.17) is 9.84 Å². The molecule has 0 aliphatic heterocycles. The zero-order valence-electron chi connectivity index (χ0n) is 10.6. The normalized spacial score (nSPS) is 20.9. The number of carbonyl (C=O) groups is 2. The minimum absolute atomic E-state index is 0.0614. The lowest BCUT2D eigenvalue weighted by Crippen LogP contribution is -2.06. The second kappa shape index (κ2) is 4.86. The Kier molecular flexibility index (Phi) is 3.30. The van der Waals surface area contributed by atoms with Gasteiger partial charge in [-0.05, 0) is 45.9 Å². The highest BCUT2D eigenvalue weighted by atomic mass is 79.9. The molecule has 6 heteroatoms. The zero-order chi connectivity index (χ0) is 14.4. The fourth-order valence-electron chi connectivity index (χ4n) is 2.26. The van der Waals surface area contributed by atoms with E-state index in [2.05, 4.69) is 15.9 Å². The first-order valence-electron chi connectivity index (χ1n) is 6.05. The Morgan fingerprint density at radius 1 is 1.35 bits per heavy atom. The first-order chi connectivity index (χ1) is 9.51. The average Bonchev–Trinajstić information content (AvgIpc) is 3.11. The van der Waals surface area contributed by atoms with Crippen molar-refractivity contribution < 1.29 is 19.4 Å². The number of methoxy groups -OCH3 is 1. The Balaban J connectivity index is 1.93. The van der Waals surface area contributed by atoms with Crippen molar-refractivity contribution in [2.24, 2.45) is 11.8 Å². The number of Topliss-reactive ketones (excluding diaryl/α,β-unsaturated/α-hetero) is 1. The Labute approximate surface area is 127 Å². The second-order valence-electron chi connectivity index (χ2n) is 4.79. The van der Waals surface area contributed by atoms with E-state index in [1.54, 1.807) is 7.11 Å². The molecule has 4 nitrogen and oxygen atoms in total. The highest BCUT2D eigenvalue weighted by Crippen LogP contribution is 2.43. The molecule has 1 saturated carbocycles. The van der Waals surface area contributed by atoms with Crippen LogP contribution in [0.1, 0.15) is 16.1 Å². The van der Waals surface area contributed by atoms with Crippen molar-refractivity contribution in [2.45, 2.75) is 6.42 Å². The van der Waals surface area contributed by atoms with Crippen LogP contribution in [0.25, 0.3) is 10.1 Å². The average molecular weight is 355 g/mol. The third-order valence-corrected chi connectivity index (χ3v) is 5.21. The van der Waals surface area contributed by atoms with Gasteiger partial charge in [-0.3, -0.25) is 9.59 Å². The third-order valence-electron chi connectivity index (χ3n) is 3.48. The number of carbonyl (C=O) groups excluding carboxylic acids is 1. The molecule has 1 aliphatic rings. The van der Waals surface area contributed by atoms with Crippen molar-refractivity contribution >= 4 is 49.1 Å². The van der Waals surface area contributed by atoms with Crippen LogP contribution >= 0.6 is 27.3 Å². The largest absolute Gasteiger partial charge is 0.496 e. The van der Waals surface area contributed by atoms with Crippen molar-refractivity contribution in [2.75, 3.05) is 7.11 Å². The molecular formula is C14H11BrO4S. The van der Waals surface area contributed by atoms with Crippen LogP contribution < -0.4 is 4.74 Å². The van der Waals surface area contributed by atoms with Gasteiger partial charge in [-0.15, -0.1) is 11.3 Å². The third kappa shape index (κ3) is 2.23. The molecule has 0 saturated heterocycles. The van der Waals surface area contributed by atoms with Crippen molar-refractivity contribution in [3.05, 3.63) is 27.5 Å². The molecular weight excluding hydrogens is 344 g/mol. The van der Waals surface area contributed by atoms with Crippen LogP contribution in [-0.4, -0.2) is 24.0 Å². The van der Waals surface area contributed by atoms with Gasteiger partial charge in [0.15, 0.2) is 5.78 Å². The van der Waals surface area contributed by atoms with E-state index < -0.39 is 11.9 Å². The number of halogens is 1. The molecule has 0 spiro atoms. The fraction of sp³-hybridized carbons (Fsp3) is 0.286. The highest BCUT2D eigenvalue weighted by molar-refractivity contribution is 9.10. The van der Waals surface area contributed by atoms with Gasteiger partial charge in [-0.1, -0.05) is 0 Å². The summed E-state index contributed by atoms with van der Waals surface area (Å²) in [5, 5.41) is 9.85. The van der Waals surface area contributed by atoms with E-state index in [1.165, 1.54) is 11.3 Å². The fourth-order valence-corrected chi connectivity index (χ4v) is 3.86. The van der Waals surface area contributed by atoms with Gasteiger partial charge in [0.1, 0.15) is 5.75 Å². The molecule has 0 unspecified atom stereocenters. The van der Waals surface area contributed by atoms with Crippen LogP contribution in [0.2, 0.25) is 0 Å². The van der Waals surface area contributed by atoms with Gasteiger partial charge >= 0.3 is 5.97 Å². The van der Waals surface area contributed by atoms with E-state index in [1.807, 2.05) is 18.2 Å². The van der Waals surface area contributed by atoms with Gasteiger partial charge in [0, 0.05) is 10.6 Å². The molecule has 1 N–H and O–H groups in total. The van der Waals surface area contributed by atoms with Crippen LogP contribution in [0.4, 0.5) is 0 Å². The van der Waals surface area contributed by atoms with Gasteiger partial charge in [-0.25, -0.2) is 0 Å². The zero-order valence-corrected chi connectivity index (χ0v) is 13.0. The predicted molar refractivity (Wildman–Crippen MR) is 79.6 cm³/mol. The van der Waals surface area contributed by atoms with Gasteiger partial charge in [-0.2, -0.15) is 0 Å². The number of carboxylic acid groups (broad SMARTS) is 1. The van der Waals surface area contributed by atoms with E-state index in [-0.39, 0.29) is 11.7 Å². The predicted octanol–water partition coefficient (Wildman–Crippen LogP) is 3.58. The summed E-state index contributed by atoms with van der Waals surface area (Å²) in [6.07, 6.45) is 0.454. The maximum atomic E-state index is 12.2. The van der Waals surface area contributed by atoms with E-state index >= 15 is 0 Å². The number of ketones is 1. The molecule has 0 amide bonds. The number of thiophene rings is 1. The first-order valence-corrected chi connectivity index (χ1v) is 7.66. The van der Waals surface area contributed by atoms with E-state index in [0.29, 0.717) is 17.0 Å². The van der Waals surface area contributed by atoms with Crippen LogP contribution in [0.3, 0.4) is 0 Å². The summed E-state index contributed by atoms with van der Waals surface area (Å²) in [6, 6.07) is 5.61. The molecule has 1 aliphatic carbocycles. The van der Waals surface area contributed by atoms with Gasteiger partial charge < -0.3 is 9.84 Å². The summed E-state index contributed by atoms with van der Waals surface area (Å²) in [4.78, 5) is 23.7. The van der Waals surface area contributed by atoms with Gasteiger partial charge in [0.25, 0.3) is 0 Å². The van der Waals surface area contributed by atoms with Crippen LogP contribution in [0.15, 0.2) is 22.7 Å². The first kappa shape index (κ1) is 13.6. The lowest BCUT2D eigenvalue weighted by atomic mass is 10.1. The quantitative estimate of drug-likeness (QED) is 0.852. The maximum absolute atomic E-state index is 12.2. The molecule has 0 radical (unpaired) electrons. The smallest absolute Gasteiger partial charge is 0.307 e. The Hall–Kier alpha value is -1.40. The molecule has 2 atom stereocenters. The monoisotopic (exact) mass is 354 g/mol. The second-order valence-corrected chi connectivity index (χ2v) is 6.72. The highest BCUT2D eigenvalue weighted by Gasteiger charge is 2.48. The molecule has 104 valence electrons. The topological polar surface area (TPSA) is 63.6 Å². The number of fused-ring (bicyclic) bond motifs is 1. The number of hydrogen-bond donors (Lipinski definition) is 1. The summed E-state index contributed by atoms with van der Waals surface area (Å²) >= 11 is 4.79. The Morgan fingerprint density at radius 2 is 2.10 bits per heavy atom. The van der Waals surface area contributed by atoms with Crippen molar-refractivity contribution in [3.8, 4) is 5.75 Å². The Morgan fingerprint density at radius 3 is 2.70 bits per heavy atom. The lowest BCUT2D eigenvalue weighted by Gasteiger charge is -2.01. The van der Waals surface area contributed by atoms with Crippen LogP contribution in [0, 0.1) is 11.8 Å². The van der Waals surface area contributed by atoms with Gasteiger partial charge in [0.05, 0.1) is 22.4 Å². The number of rotatable bonds is 4. The van der Waals surface area contributed by atoms with Crippen molar-refractivity contribution in [1.82, 2.24) is 0 Å². The van der Waals surface area contributed by atoms with Crippen molar-refractivity contribution in [3.63, 3.8) is 0 Å². The Bertz CT molecular complexity index is 721. The summed E-state index contributed by atoms with van der Waals surface area (Å²) < 4.78 is 7.02. The summed E-state index contributed by atoms with van der Waals surface area (Å²) in [5.74, 6) is -1.09. The molecule has 20 heavy (non-hydrogen) atoms. The summed E-state index contributed by atoms with van der Waals surface area (Å²) in [5.41, 5.74) is 0. The number of hydrogen-bond acceptors (Lipinski definition) is 4. The molecule has 1 fully saturated rings. The van der Waals surface area contributed by atoms with Crippen LogP contribution in [-0.2, 0) is 4.79 Å². The molecule has 3 rings (SSSR count). The maximum Gasteiger partial charge on any atom is 0.307 e. The summed E-state index contributed by atoms with van der Waals surface area (Å²) in [6.45, 7) is 0. The molecule has 1 aromatic carbocycles. The number of ether oxygens (including phenoxy) is 1. The molecule has 1 aromatic heterocycles. The molecule has 0 bridgehead atoms. The number of aliphatic carboxylic acids is 1. The number of benzene rings is 1. The van der Waals surface area contributed by atoms with Crippen LogP contribution in [0.5, 0.6) is 5.75 Å². The van der Waals surface area contributed by atoms with Crippen molar-refractivity contribution in [1.29, 1.82) is 0 Å².